The van der Waals surface area contributed by atoms with E-state index >= 15 is 0 Å². The second-order valence-electron chi connectivity index (χ2n) is 8.00. The number of likely N-dealkylation sites (N-methyl/N-ethyl adjacent to an activating group) is 1. The molecule has 6 heteroatoms. The van der Waals surface area contributed by atoms with Gasteiger partial charge < -0.3 is 15.0 Å². The second-order valence-corrected chi connectivity index (χ2v) is 8.00. The van der Waals surface area contributed by atoms with E-state index in [9.17, 15) is 14.7 Å². The smallest absolute Gasteiger partial charge is 0.258 e. The molecule has 1 aliphatic carbocycles. The molecule has 3 heterocycles. The molecular formula is C21H29N3O3. The molecule has 4 atom stereocenters. The van der Waals surface area contributed by atoms with Gasteiger partial charge in [-0.05, 0) is 44.9 Å². The largest absolute Gasteiger partial charge is 0.396 e. The first kappa shape index (κ1) is 18.4. The molecule has 1 saturated carbocycles. The van der Waals surface area contributed by atoms with Crippen LogP contribution in [-0.4, -0.2) is 45.7 Å². The number of aliphatic hydroxyl groups excluding tert-OH is 1. The highest BCUT2D eigenvalue weighted by atomic mass is 16.3. The Morgan fingerprint density at radius 2 is 2.15 bits per heavy atom. The fraction of sp³-hybridized carbons (Fsp3) is 0.619. The van der Waals surface area contributed by atoms with E-state index in [4.69, 9.17) is 0 Å². The highest BCUT2D eigenvalue weighted by Gasteiger charge is 2.55. The zero-order valence-corrected chi connectivity index (χ0v) is 16.1. The molecule has 27 heavy (non-hydrogen) atoms. The lowest BCUT2D eigenvalue weighted by Gasteiger charge is -2.33. The molecule has 0 aromatic carbocycles. The van der Waals surface area contributed by atoms with Gasteiger partial charge in [0.25, 0.3) is 5.56 Å². The topological polar surface area (TPSA) is 74.6 Å². The van der Waals surface area contributed by atoms with Crippen LogP contribution < -0.4 is 10.9 Å². The van der Waals surface area contributed by atoms with Crippen LogP contribution in [0.15, 0.2) is 23.0 Å². The Bertz CT molecular complexity index is 811. The fourth-order valence-electron chi connectivity index (χ4n) is 5.14. The molecule has 1 amide bonds. The number of hydrogen-bond acceptors (Lipinski definition) is 4. The number of hydrogen-bond donors (Lipinski definition) is 2. The van der Waals surface area contributed by atoms with Crippen molar-refractivity contribution in [3.63, 3.8) is 0 Å². The van der Waals surface area contributed by atoms with Crippen molar-refractivity contribution in [3.8, 4) is 0 Å². The number of amides is 1. The molecule has 2 N–H and O–H groups in total. The molecule has 1 saturated heterocycles. The molecular weight excluding hydrogens is 342 g/mol. The third-order valence-electron chi connectivity index (χ3n) is 6.65. The van der Waals surface area contributed by atoms with Gasteiger partial charge in [-0.2, -0.15) is 0 Å². The third-order valence-corrected chi connectivity index (χ3v) is 6.65. The Hall–Kier alpha value is -1.92. The molecule has 2 fully saturated rings. The summed E-state index contributed by atoms with van der Waals surface area (Å²) in [6.07, 6.45) is 6.97. The average Bonchev–Trinajstić information content (AvgIpc) is 3.15. The van der Waals surface area contributed by atoms with Crippen LogP contribution in [0.1, 0.15) is 50.4 Å². The van der Waals surface area contributed by atoms with Crippen molar-refractivity contribution >= 4 is 12.0 Å². The minimum absolute atomic E-state index is 0.0108. The SMILES string of the molecule is C/C=C/c1ccc2n(c1=O)C[C@@H]1[C@@H](CO)[C@H](C(=O)NC3CCC3)N(CC)[C@H]21. The van der Waals surface area contributed by atoms with Crippen molar-refractivity contribution in [1.82, 2.24) is 14.8 Å². The van der Waals surface area contributed by atoms with Crippen LogP contribution in [0.3, 0.4) is 0 Å². The molecule has 3 aliphatic rings. The van der Waals surface area contributed by atoms with Crippen molar-refractivity contribution in [2.24, 2.45) is 11.8 Å². The molecule has 6 nitrogen and oxygen atoms in total. The predicted molar refractivity (Wildman–Crippen MR) is 104 cm³/mol. The molecule has 0 bridgehead atoms. The van der Waals surface area contributed by atoms with Gasteiger partial charge in [-0.25, -0.2) is 0 Å². The lowest BCUT2D eigenvalue weighted by atomic mass is 9.87. The maximum atomic E-state index is 13.0. The number of aromatic nitrogens is 1. The van der Waals surface area contributed by atoms with E-state index in [2.05, 4.69) is 17.1 Å². The van der Waals surface area contributed by atoms with Crippen molar-refractivity contribution in [1.29, 1.82) is 0 Å². The zero-order valence-electron chi connectivity index (χ0n) is 16.1. The number of nitrogens with one attached hydrogen (secondary N) is 1. The Balaban J connectivity index is 1.68. The summed E-state index contributed by atoms with van der Waals surface area (Å²) in [5.41, 5.74) is 1.67. The summed E-state index contributed by atoms with van der Waals surface area (Å²) in [5, 5.41) is 13.3. The van der Waals surface area contributed by atoms with Crippen LogP contribution in [0.4, 0.5) is 0 Å². The maximum absolute atomic E-state index is 13.0. The second kappa shape index (κ2) is 7.24. The summed E-state index contributed by atoms with van der Waals surface area (Å²) in [6.45, 7) is 5.20. The Labute approximate surface area is 159 Å². The molecule has 1 aromatic heterocycles. The van der Waals surface area contributed by atoms with Gasteiger partial charge in [0, 0.05) is 42.3 Å². The van der Waals surface area contributed by atoms with Crippen molar-refractivity contribution in [2.75, 3.05) is 13.2 Å². The van der Waals surface area contributed by atoms with Crippen LogP contribution in [0.5, 0.6) is 0 Å². The molecule has 2 aliphatic heterocycles. The van der Waals surface area contributed by atoms with Crippen molar-refractivity contribution in [3.05, 3.63) is 39.8 Å². The number of carbonyl (C=O) groups excluding carboxylic acids is 1. The normalized spacial score (nSPS) is 30.3. The number of pyridine rings is 1. The number of carbonyl (C=O) groups is 1. The number of aliphatic hydroxyl groups is 1. The maximum Gasteiger partial charge on any atom is 0.258 e. The summed E-state index contributed by atoms with van der Waals surface area (Å²) in [7, 11) is 0. The minimum atomic E-state index is -0.324. The van der Waals surface area contributed by atoms with Crippen LogP contribution >= 0.6 is 0 Å². The van der Waals surface area contributed by atoms with Crippen LogP contribution in [-0.2, 0) is 11.3 Å². The van der Waals surface area contributed by atoms with E-state index in [1.807, 2.05) is 35.8 Å². The number of nitrogens with zero attached hydrogens (tertiary/aromatic N) is 2. The zero-order chi connectivity index (χ0) is 19.1. The van der Waals surface area contributed by atoms with Gasteiger partial charge in [-0.3, -0.25) is 14.5 Å². The van der Waals surface area contributed by atoms with E-state index in [0.717, 1.165) is 18.5 Å². The molecule has 146 valence electrons. The molecule has 1 aromatic rings. The quantitative estimate of drug-likeness (QED) is 0.823. The number of allylic oxidation sites excluding steroid dienone is 1. The first-order valence-electron chi connectivity index (χ1n) is 10.1. The fourth-order valence-corrected chi connectivity index (χ4v) is 5.14. The standard InChI is InChI=1S/C21H29N3O3/c1-3-6-13-9-10-17-18-15(11-24(17)21(13)27)16(12-25)19(23(18)4-2)20(26)22-14-7-5-8-14/h3,6,9-10,14-16,18-19,25H,4-5,7-8,11-12H2,1-2H3,(H,22,26)/b6-3+/t15-,16-,18+,19-/m1/s1. The van der Waals surface area contributed by atoms with E-state index in [1.165, 1.54) is 6.42 Å². The number of rotatable bonds is 5. The van der Waals surface area contributed by atoms with Gasteiger partial charge in [0.2, 0.25) is 5.91 Å². The first-order chi connectivity index (χ1) is 13.1. The summed E-state index contributed by atoms with van der Waals surface area (Å²) in [6, 6.07) is 3.87. The van der Waals surface area contributed by atoms with Crippen LogP contribution in [0, 0.1) is 11.8 Å². The summed E-state index contributed by atoms with van der Waals surface area (Å²) < 4.78 is 1.84. The molecule has 4 rings (SSSR count). The average molecular weight is 371 g/mol. The molecule has 0 radical (unpaired) electrons. The molecule has 0 spiro atoms. The summed E-state index contributed by atoms with van der Waals surface area (Å²) in [4.78, 5) is 28.0. The summed E-state index contributed by atoms with van der Waals surface area (Å²) in [5.74, 6) is -0.0328. The highest BCUT2D eigenvalue weighted by molar-refractivity contribution is 5.83. The first-order valence-corrected chi connectivity index (χ1v) is 10.1. The summed E-state index contributed by atoms with van der Waals surface area (Å²) >= 11 is 0. The lowest BCUT2D eigenvalue weighted by Crippen LogP contribution is -2.52. The number of fused-ring (bicyclic) bond motifs is 3. The van der Waals surface area contributed by atoms with Gasteiger partial charge in [0.05, 0.1) is 12.1 Å². The Morgan fingerprint density at radius 3 is 2.74 bits per heavy atom. The van der Waals surface area contributed by atoms with Gasteiger partial charge in [-0.1, -0.05) is 19.1 Å². The molecule has 0 unspecified atom stereocenters. The van der Waals surface area contributed by atoms with Gasteiger partial charge in [0.1, 0.15) is 0 Å². The predicted octanol–water partition coefficient (Wildman–Crippen LogP) is 1.53. The highest BCUT2D eigenvalue weighted by Crippen LogP contribution is 2.49. The van der Waals surface area contributed by atoms with Gasteiger partial charge in [0.15, 0.2) is 0 Å². The van der Waals surface area contributed by atoms with Crippen molar-refractivity contribution < 1.29 is 9.90 Å². The van der Waals surface area contributed by atoms with E-state index in [0.29, 0.717) is 18.7 Å². The number of likely N-dealkylation sites (tertiary alicyclic amines) is 1. The Kier molecular flexibility index (Phi) is 4.95. The van der Waals surface area contributed by atoms with E-state index < -0.39 is 0 Å². The third kappa shape index (κ3) is 2.86. The van der Waals surface area contributed by atoms with Gasteiger partial charge >= 0.3 is 0 Å². The van der Waals surface area contributed by atoms with E-state index in [1.54, 1.807) is 0 Å². The van der Waals surface area contributed by atoms with Crippen molar-refractivity contribution in [2.45, 2.75) is 57.8 Å². The monoisotopic (exact) mass is 371 g/mol. The minimum Gasteiger partial charge on any atom is -0.396 e. The van der Waals surface area contributed by atoms with E-state index in [-0.39, 0.29) is 48.0 Å². The Morgan fingerprint density at radius 1 is 1.37 bits per heavy atom. The van der Waals surface area contributed by atoms with Crippen LogP contribution in [0.25, 0.3) is 6.08 Å². The van der Waals surface area contributed by atoms with Gasteiger partial charge in [-0.15, -0.1) is 0 Å². The van der Waals surface area contributed by atoms with Crippen LogP contribution in [0.2, 0.25) is 0 Å². The lowest BCUT2D eigenvalue weighted by molar-refractivity contribution is -0.129.